The summed E-state index contributed by atoms with van der Waals surface area (Å²) in [6.45, 7) is 1.02. The van der Waals surface area contributed by atoms with Gasteiger partial charge in [0.2, 0.25) is 0 Å². The molecule has 3 heteroatoms. The van der Waals surface area contributed by atoms with Crippen molar-refractivity contribution in [3.05, 3.63) is 65.2 Å². The fourth-order valence-electron chi connectivity index (χ4n) is 2.62. The predicted octanol–water partition coefficient (Wildman–Crippen LogP) is 2.55. The highest BCUT2D eigenvalue weighted by Gasteiger charge is 2.22. The van der Waals surface area contributed by atoms with Crippen molar-refractivity contribution in [1.82, 2.24) is 0 Å². The number of carbonyl (C=O) groups is 1. The number of ether oxygens (including phenoxy) is 1. The smallest absolute Gasteiger partial charge is 0.171 e. The van der Waals surface area contributed by atoms with Gasteiger partial charge in [-0.05, 0) is 29.3 Å². The van der Waals surface area contributed by atoms with Gasteiger partial charge in [0.25, 0.3) is 0 Å². The molecule has 0 radical (unpaired) electrons. The molecule has 1 unspecified atom stereocenters. The van der Waals surface area contributed by atoms with E-state index in [1.165, 1.54) is 0 Å². The van der Waals surface area contributed by atoms with E-state index < -0.39 is 0 Å². The molecule has 1 aliphatic heterocycles. The molecule has 2 aromatic carbocycles. The second-order valence-electron chi connectivity index (χ2n) is 4.98. The lowest BCUT2D eigenvalue weighted by atomic mass is 9.90. The Morgan fingerprint density at radius 3 is 2.75 bits per heavy atom. The summed E-state index contributed by atoms with van der Waals surface area (Å²) < 4.78 is 5.47. The Morgan fingerprint density at radius 1 is 1.20 bits per heavy atom. The van der Waals surface area contributed by atoms with Gasteiger partial charge in [-0.3, -0.25) is 4.79 Å². The van der Waals surface area contributed by atoms with Gasteiger partial charge in [0.15, 0.2) is 5.78 Å². The van der Waals surface area contributed by atoms with Crippen LogP contribution in [0.25, 0.3) is 0 Å². The molecule has 1 heterocycles. The number of benzene rings is 2. The van der Waals surface area contributed by atoms with E-state index in [4.69, 9.17) is 10.5 Å². The zero-order valence-corrected chi connectivity index (χ0v) is 11.2. The van der Waals surface area contributed by atoms with Crippen molar-refractivity contribution in [1.29, 1.82) is 0 Å². The molecule has 0 fully saturated rings. The lowest BCUT2D eigenvalue weighted by Crippen LogP contribution is -2.21. The standard InChI is InChI=1S/C17H17NO2/c18-11-15(12-4-2-1-3-5-12)17(19)14-6-7-16-13(10-14)8-9-20-16/h1-7,10,15H,8-9,11,18H2. The Kier molecular flexibility index (Phi) is 3.52. The summed E-state index contributed by atoms with van der Waals surface area (Å²) in [5, 5.41) is 0. The molecule has 0 saturated heterocycles. The largest absolute Gasteiger partial charge is 0.493 e. The zero-order chi connectivity index (χ0) is 13.9. The van der Waals surface area contributed by atoms with Crippen molar-refractivity contribution in [2.45, 2.75) is 12.3 Å². The molecule has 20 heavy (non-hydrogen) atoms. The molecule has 0 spiro atoms. The summed E-state index contributed by atoms with van der Waals surface area (Å²) in [5.41, 5.74) is 8.61. The second kappa shape index (κ2) is 5.47. The number of hydrogen-bond acceptors (Lipinski definition) is 3. The van der Waals surface area contributed by atoms with Gasteiger partial charge in [0.1, 0.15) is 5.75 Å². The van der Waals surface area contributed by atoms with Crippen molar-refractivity contribution < 1.29 is 9.53 Å². The van der Waals surface area contributed by atoms with Crippen LogP contribution in [-0.4, -0.2) is 18.9 Å². The predicted molar refractivity (Wildman–Crippen MR) is 78.2 cm³/mol. The van der Waals surface area contributed by atoms with E-state index in [-0.39, 0.29) is 11.7 Å². The minimum atomic E-state index is -0.281. The SMILES string of the molecule is NCC(C(=O)c1ccc2c(c1)CCO2)c1ccccc1. The van der Waals surface area contributed by atoms with Crippen LogP contribution in [0, 0.1) is 0 Å². The summed E-state index contributed by atoms with van der Waals surface area (Å²) in [4.78, 5) is 12.7. The van der Waals surface area contributed by atoms with Crippen LogP contribution in [0.5, 0.6) is 5.75 Å². The van der Waals surface area contributed by atoms with Crippen LogP contribution < -0.4 is 10.5 Å². The van der Waals surface area contributed by atoms with Crippen molar-refractivity contribution in [3.63, 3.8) is 0 Å². The first-order chi connectivity index (χ1) is 9.79. The van der Waals surface area contributed by atoms with Gasteiger partial charge in [-0.15, -0.1) is 0 Å². The number of hydrogen-bond donors (Lipinski definition) is 1. The Hall–Kier alpha value is -2.13. The monoisotopic (exact) mass is 267 g/mol. The Labute approximate surface area is 118 Å². The molecule has 0 bridgehead atoms. The van der Waals surface area contributed by atoms with E-state index in [1.54, 1.807) is 0 Å². The Bertz CT molecular complexity index is 622. The van der Waals surface area contributed by atoms with Crippen molar-refractivity contribution >= 4 is 5.78 Å². The summed E-state index contributed by atoms with van der Waals surface area (Å²) in [7, 11) is 0. The van der Waals surface area contributed by atoms with E-state index in [0.717, 1.165) is 23.3 Å². The van der Waals surface area contributed by atoms with Gasteiger partial charge < -0.3 is 10.5 Å². The Balaban J connectivity index is 1.91. The first-order valence-corrected chi connectivity index (χ1v) is 6.84. The van der Waals surface area contributed by atoms with Crippen molar-refractivity contribution in [2.24, 2.45) is 5.73 Å². The van der Waals surface area contributed by atoms with Crippen LogP contribution in [0.15, 0.2) is 48.5 Å². The molecule has 1 aliphatic rings. The topological polar surface area (TPSA) is 52.3 Å². The number of ketones is 1. The number of fused-ring (bicyclic) bond motifs is 1. The van der Waals surface area contributed by atoms with E-state index in [0.29, 0.717) is 18.7 Å². The normalized spacial score (nSPS) is 14.4. The van der Waals surface area contributed by atoms with Gasteiger partial charge in [0, 0.05) is 18.5 Å². The van der Waals surface area contributed by atoms with E-state index in [2.05, 4.69) is 0 Å². The quantitative estimate of drug-likeness (QED) is 0.866. The average molecular weight is 267 g/mol. The molecule has 3 rings (SSSR count). The van der Waals surface area contributed by atoms with Crippen LogP contribution in [-0.2, 0) is 6.42 Å². The lowest BCUT2D eigenvalue weighted by Gasteiger charge is -2.14. The highest BCUT2D eigenvalue weighted by Crippen LogP contribution is 2.28. The van der Waals surface area contributed by atoms with Crippen LogP contribution in [0.1, 0.15) is 27.4 Å². The zero-order valence-electron chi connectivity index (χ0n) is 11.2. The third kappa shape index (κ3) is 2.32. The summed E-state index contributed by atoms with van der Waals surface area (Å²) in [5.74, 6) is 0.690. The molecule has 0 saturated carbocycles. The maximum Gasteiger partial charge on any atom is 0.171 e. The molecule has 102 valence electrons. The molecular formula is C17H17NO2. The second-order valence-corrected chi connectivity index (χ2v) is 4.98. The van der Waals surface area contributed by atoms with Gasteiger partial charge in [-0.1, -0.05) is 30.3 Å². The molecule has 2 N–H and O–H groups in total. The summed E-state index contributed by atoms with van der Waals surface area (Å²) >= 11 is 0. The van der Waals surface area contributed by atoms with E-state index in [9.17, 15) is 4.79 Å². The average Bonchev–Trinajstić information content (AvgIpc) is 2.96. The summed E-state index contributed by atoms with van der Waals surface area (Å²) in [6.07, 6.45) is 0.870. The lowest BCUT2D eigenvalue weighted by molar-refractivity contribution is 0.0962. The number of nitrogens with two attached hydrogens (primary N) is 1. The minimum Gasteiger partial charge on any atom is -0.493 e. The van der Waals surface area contributed by atoms with Crippen molar-refractivity contribution in [2.75, 3.05) is 13.2 Å². The molecule has 0 amide bonds. The van der Waals surface area contributed by atoms with Crippen LogP contribution in [0.4, 0.5) is 0 Å². The fourth-order valence-corrected chi connectivity index (χ4v) is 2.62. The maximum absolute atomic E-state index is 12.7. The molecule has 1 atom stereocenters. The molecule has 0 aromatic heterocycles. The van der Waals surface area contributed by atoms with E-state index >= 15 is 0 Å². The van der Waals surface area contributed by atoms with Gasteiger partial charge in [0.05, 0.1) is 12.5 Å². The molecular weight excluding hydrogens is 250 g/mol. The van der Waals surface area contributed by atoms with Crippen LogP contribution >= 0.6 is 0 Å². The number of rotatable bonds is 4. The maximum atomic E-state index is 12.7. The van der Waals surface area contributed by atoms with E-state index in [1.807, 2.05) is 48.5 Å². The fraction of sp³-hybridized carbons (Fsp3) is 0.235. The molecule has 2 aromatic rings. The van der Waals surface area contributed by atoms with Gasteiger partial charge >= 0.3 is 0 Å². The van der Waals surface area contributed by atoms with Gasteiger partial charge in [-0.25, -0.2) is 0 Å². The molecule has 3 nitrogen and oxygen atoms in total. The Morgan fingerprint density at radius 2 is 2.00 bits per heavy atom. The third-order valence-corrected chi connectivity index (χ3v) is 3.73. The summed E-state index contributed by atoms with van der Waals surface area (Å²) in [6, 6.07) is 15.4. The third-order valence-electron chi connectivity index (χ3n) is 3.73. The highest BCUT2D eigenvalue weighted by atomic mass is 16.5. The first-order valence-electron chi connectivity index (χ1n) is 6.84. The highest BCUT2D eigenvalue weighted by molar-refractivity contribution is 6.01. The number of Topliss-reactive ketones (excluding diaryl/α,β-unsaturated/α-hetero) is 1. The van der Waals surface area contributed by atoms with Crippen LogP contribution in [0.3, 0.4) is 0 Å². The van der Waals surface area contributed by atoms with Gasteiger partial charge in [-0.2, -0.15) is 0 Å². The van der Waals surface area contributed by atoms with Crippen LogP contribution in [0.2, 0.25) is 0 Å². The first kappa shape index (κ1) is 12.9. The van der Waals surface area contributed by atoms with Crippen molar-refractivity contribution in [3.8, 4) is 5.75 Å². The minimum absolute atomic E-state index is 0.0772. The molecule has 0 aliphatic carbocycles. The number of carbonyl (C=O) groups excluding carboxylic acids is 1.